The third-order valence-corrected chi connectivity index (χ3v) is 2.93. The summed E-state index contributed by atoms with van der Waals surface area (Å²) in [7, 11) is -4.34. The van der Waals surface area contributed by atoms with Crippen LogP contribution in [0, 0.1) is 10.5 Å². The van der Waals surface area contributed by atoms with Crippen molar-refractivity contribution in [1.29, 1.82) is 0 Å². The molecule has 0 saturated heterocycles. The lowest BCUT2D eigenvalue weighted by Crippen LogP contribution is -2.20. The van der Waals surface area contributed by atoms with Crippen LogP contribution in [0.15, 0.2) is 18.2 Å². The lowest BCUT2D eigenvalue weighted by Gasteiger charge is -2.06. The smallest absolute Gasteiger partial charge is 0.329 e. The van der Waals surface area contributed by atoms with Gasteiger partial charge in [0.1, 0.15) is 5.75 Å². The van der Waals surface area contributed by atoms with E-state index in [-0.39, 0.29) is 5.75 Å². The normalized spacial score (nSPS) is 11.2. The molecule has 0 saturated carbocycles. The molecule has 0 unspecified atom stereocenters. The molecule has 0 aliphatic heterocycles. The number of halogens is 1. The van der Waals surface area contributed by atoms with Crippen LogP contribution in [-0.4, -0.2) is 24.7 Å². The molecule has 1 N–H and O–H groups in total. The molecule has 5 nitrogen and oxygen atoms in total. The van der Waals surface area contributed by atoms with Gasteiger partial charge in [-0.2, -0.15) is 8.42 Å². The Morgan fingerprint density at radius 2 is 2.12 bits per heavy atom. The van der Waals surface area contributed by atoms with Gasteiger partial charge >= 0.3 is 5.97 Å². The summed E-state index contributed by atoms with van der Waals surface area (Å²) in [6.07, 6.45) is 0. The Kier molecular flexibility index (Phi) is 4.28. The largest absolute Gasteiger partial charge is 0.425 e. The maximum absolute atomic E-state index is 11.1. The molecule has 1 rings (SSSR count). The molecule has 0 aromatic heterocycles. The first kappa shape index (κ1) is 13.4. The molecule has 0 fully saturated rings. The van der Waals surface area contributed by atoms with Crippen LogP contribution in [0.5, 0.6) is 5.75 Å². The SMILES string of the molecule is Cc1cc(I)ccc1OC(=O)CS(=O)(=O)O. The first-order valence-corrected chi connectivity index (χ1v) is 6.89. The maximum Gasteiger partial charge on any atom is 0.329 e. The third-order valence-electron chi connectivity index (χ3n) is 1.66. The van der Waals surface area contributed by atoms with E-state index < -0.39 is 21.8 Å². The number of carbonyl (C=O) groups is 1. The van der Waals surface area contributed by atoms with E-state index in [1.54, 1.807) is 25.1 Å². The van der Waals surface area contributed by atoms with Crippen LogP contribution in [-0.2, 0) is 14.9 Å². The van der Waals surface area contributed by atoms with Crippen LogP contribution in [0.1, 0.15) is 5.56 Å². The van der Waals surface area contributed by atoms with Gasteiger partial charge in [0.25, 0.3) is 10.1 Å². The molecule has 1 aromatic carbocycles. The highest BCUT2D eigenvalue weighted by molar-refractivity contribution is 14.1. The average Bonchev–Trinajstić information content (AvgIpc) is 2.06. The summed E-state index contributed by atoms with van der Waals surface area (Å²) in [5, 5.41) is 0. The summed E-state index contributed by atoms with van der Waals surface area (Å²) in [6.45, 7) is 1.73. The van der Waals surface area contributed by atoms with Gasteiger partial charge in [0.2, 0.25) is 0 Å². The molecule has 1 aromatic rings. The summed E-state index contributed by atoms with van der Waals surface area (Å²) in [6, 6.07) is 5.08. The van der Waals surface area contributed by atoms with Crippen LogP contribution in [0.3, 0.4) is 0 Å². The lowest BCUT2D eigenvalue weighted by atomic mass is 10.2. The minimum absolute atomic E-state index is 0.286. The number of esters is 1. The third kappa shape index (κ3) is 4.45. The highest BCUT2D eigenvalue weighted by Gasteiger charge is 2.15. The second kappa shape index (κ2) is 5.11. The van der Waals surface area contributed by atoms with E-state index in [4.69, 9.17) is 9.29 Å². The quantitative estimate of drug-likeness (QED) is 0.383. The van der Waals surface area contributed by atoms with Gasteiger partial charge in [-0.1, -0.05) is 0 Å². The van der Waals surface area contributed by atoms with E-state index in [9.17, 15) is 13.2 Å². The second-order valence-electron chi connectivity index (χ2n) is 3.11. The standard InChI is InChI=1S/C9H9IO5S/c1-6-4-7(10)2-3-8(6)15-9(11)5-16(12,13)14/h2-4H,5H2,1H3,(H,12,13,14). The summed E-state index contributed by atoms with van der Waals surface area (Å²) in [5.74, 6) is -1.76. The molecule has 88 valence electrons. The molecule has 0 aliphatic carbocycles. The van der Waals surface area contributed by atoms with Gasteiger partial charge in [0.05, 0.1) is 0 Å². The zero-order valence-electron chi connectivity index (χ0n) is 8.31. The van der Waals surface area contributed by atoms with Gasteiger partial charge in [0, 0.05) is 3.57 Å². The van der Waals surface area contributed by atoms with Crippen molar-refractivity contribution in [2.45, 2.75) is 6.92 Å². The molecular formula is C9H9IO5S. The molecule has 0 bridgehead atoms. The Hall–Kier alpha value is -0.670. The van der Waals surface area contributed by atoms with Crippen molar-refractivity contribution in [2.75, 3.05) is 5.75 Å². The fourth-order valence-electron chi connectivity index (χ4n) is 1.03. The van der Waals surface area contributed by atoms with Gasteiger partial charge in [-0.15, -0.1) is 0 Å². The molecular weight excluding hydrogens is 347 g/mol. The number of rotatable bonds is 3. The van der Waals surface area contributed by atoms with Gasteiger partial charge in [0.15, 0.2) is 5.75 Å². The van der Waals surface area contributed by atoms with Crippen molar-refractivity contribution >= 4 is 38.7 Å². The molecule has 0 spiro atoms. The zero-order chi connectivity index (χ0) is 12.3. The molecule has 0 aliphatic rings. The Balaban J connectivity index is 2.78. The molecule has 7 heteroatoms. The van der Waals surface area contributed by atoms with Crippen molar-refractivity contribution in [2.24, 2.45) is 0 Å². The van der Waals surface area contributed by atoms with E-state index in [0.717, 1.165) is 9.13 Å². The van der Waals surface area contributed by atoms with Gasteiger partial charge < -0.3 is 4.74 Å². The highest BCUT2D eigenvalue weighted by atomic mass is 127. The summed E-state index contributed by atoms with van der Waals surface area (Å²) in [4.78, 5) is 11.1. The first-order valence-electron chi connectivity index (χ1n) is 4.20. The monoisotopic (exact) mass is 356 g/mol. The highest BCUT2D eigenvalue weighted by Crippen LogP contribution is 2.20. The number of hydrogen-bond donors (Lipinski definition) is 1. The Labute approximate surface area is 107 Å². The summed E-state index contributed by atoms with van der Waals surface area (Å²) in [5.41, 5.74) is 0.718. The second-order valence-corrected chi connectivity index (χ2v) is 5.81. The predicted octanol–water partition coefficient (Wildman–Crippen LogP) is 1.39. The van der Waals surface area contributed by atoms with Crippen LogP contribution in [0.2, 0.25) is 0 Å². The van der Waals surface area contributed by atoms with Crippen molar-refractivity contribution in [3.63, 3.8) is 0 Å². The van der Waals surface area contributed by atoms with Crippen molar-refractivity contribution in [3.05, 3.63) is 27.3 Å². The van der Waals surface area contributed by atoms with E-state index in [0.29, 0.717) is 0 Å². The van der Waals surface area contributed by atoms with Gasteiger partial charge in [-0.05, 0) is 53.3 Å². The number of benzene rings is 1. The van der Waals surface area contributed by atoms with Gasteiger partial charge in [-0.3, -0.25) is 9.35 Å². The predicted molar refractivity (Wildman–Crippen MR) is 65.9 cm³/mol. The lowest BCUT2D eigenvalue weighted by molar-refractivity contribution is -0.131. The van der Waals surface area contributed by atoms with Crippen LogP contribution in [0.4, 0.5) is 0 Å². The minimum Gasteiger partial charge on any atom is -0.425 e. The number of carbonyl (C=O) groups excluding carboxylic acids is 1. The fraction of sp³-hybridized carbons (Fsp3) is 0.222. The van der Waals surface area contributed by atoms with E-state index in [1.807, 2.05) is 0 Å². The van der Waals surface area contributed by atoms with E-state index in [2.05, 4.69) is 22.6 Å². The minimum atomic E-state index is -4.34. The molecule has 0 amide bonds. The average molecular weight is 356 g/mol. The first-order chi connectivity index (χ1) is 7.28. The molecule has 0 atom stereocenters. The zero-order valence-corrected chi connectivity index (χ0v) is 11.3. The molecule has 0 radical (unpaired) electrons. The maximum atomic E-state index is 11.1. The van der Waals surface area contributed by atoms with Crippen LogP contribution >= 0.6 is 22.6 Å². The van der Waals surface area contributed by atoms with E-state index >= 15 is 0 Å². The molecule has 0 heterocycles. The summed E-state index contributed by atoms with van der Waals surface area (Å²) < 4.78 is 35.1. The van der Waals surface area contributed by atoms with Crippen molar-refractivity contribution in [1.82, 2.24) is 0 Å². The topological polar surface area (TPSA) is 80.7 Å². The summed E-state index contributed by atoms with van der Waals surface area (Å²) >= 11 is 2.10. The van der Waals surface area contributed by atoms with Crippen LogP contribution in [0.25, 0.3) is 0 Å². The van der Waals surface area contributed by atoms with E-state index in [1.165, 1.54) is 0 Å². The Morgan fingerprint density at radius 1 is 1.50 bits per heavy atom. The Morgan fingerprint density at radius 3 is 2.62 bits per heavy atom. The van der Waals surface area contributed by atoms with Crippen LogP contribution < -0.4 is 4.74 Å². The molecule has 16 heavy (non-hydrogen) atoms. The Bertz CT molecular complexity index is 509. The number of ether oxygens (including phenoxy) is 1. The number of aryl methyl sites for hydroxylation is 1. The van der Waals surface area contributed by atoms with Crippen molar-refractivity contribution in [3.8, 4) is 5.75 Å². The fourth-order valence-corrected chi connectivity index (χ4v) is 2.03. The van der Waals surface area contributed by atoms with Crippen molar-refractivity contribution < 1.29 is 22.5 Å². The van der Waals surface area contributed by atoms with Gasteiger partial charge in [-0.25, -0.2) is 0 Å². The number of hydrogen-bond acceptors (Lipinski definition) is 4.